The Hall–Kier alpha value is -1.75. The lowest BCUT2D eigenvalue weighted by Crippen LogP contribution is -2.48. The molecule has 0 aliphatic carbocycles. The molecule has 1 aliphatic heterocycles. The predicted molar refractivity (Wildman–Crippen MR) is 89.5 cm³/mol. The number of nitrogens with zero attached hydrogens (tertiary/aromatic N) is 2. The Morgan fingerprint density at radius 2 is 1.95 bits per heavy atom. The van der Waals surface area contributed by atoms with Gasteiger partial charge in [0, 0.05) is 39.6 Å². The summed E-state index contributed by atoms with van der Waals surface area (Å²) in [6, 6.07) is 6.41. The van der Waals surface area contributed by atoms with Crippen molar-refractivity contribution in [2.75, 3.05) is 44.2 Å². The summed E-state index contributed by atoms with van der Waals surface area (Å²) in [7, 11) is 0. The number of hydrogen-bond donors (Lipinski definition) is 1. The molecular weight excluding hydrogens is 278 g/mol. The van der Waals surface area contributed by atoms with Gasteiger partial charge >= 0.3 is 0 Å². The summed E-state index contributed by atoms with van der Waals surface area (Å²) in [6.45, 7) is 11.5. The molecule has 2 rings (SSSR count). The Balaban J connectivity index is 2.10. The Labute approximate surface area is 133 Å². The van der Waals surface area contributed by atoms with Crippen molar-refractivity contribution in [2.45, 2.75) is 27.3 Å². The number of amides is 1. The average Bonchev–Trinajstić information content (AvgIpc) is 2.53. The Kier molecular flexibility index (Phi) is 6.07. The summed E-state index contributed by atoms with van der Waals surface area (Å²) >= 11 is 0. The topological polar surface area (TPSA) is 44.8 Å². The first-order valence-electron chi connectivity index (χ1n) is 8.12. The number of carbonyl (C=O) groups is 1. The Morgan fingerprint density at radius 1 is 1.23 bits per heavy atom. The van der Waals surface area contributed by atoms with E-state index in [2.05, 4.69) is 35.3 Å². The molecule has 0 aromatic heterocycles. The molecule has 1 amide bonds. The van der Waals surface area contributed by atoms with Crippen molar-refractivity contribution < 1.29 is 9.53 Å². The van der Waals surface area contributed by atoms with Gasteiger partial charge in [-0.3, -0.25) is 4.79 Å². The standard InChI is InChI=1S/C17H27N3O2/c1-4-18-13-15-6-7-16(17(12-15)22-5-2)20-10-8-19(9-11-20)14(3)21/h6-7,12,18H,4-5,8-11,13H2,1-3H3. The summed E-state index contributed by atoms with van der Waals surface area (Å²) in [5.41, 5.74) is 2.36. The van der Waals surface area contributed by atoms with Crippen LogP contribution in [0.5, 0.6) is 5.75 Å². The number of ether oxygens (including phenoxy) is 1. The zero-order valence-electron chi connectivity index (χ0n) is 13.9. The van der Waals surface area contributed by atoms with Crippen molar-refractivity contribution in [2.24, 2.45) is 0 Å². The van der Waals surface area contributed by atoms with Crippen LogP contribution in [0.3, 0.4) is 0 Å². The largest absolute Gasteiger partial charge is 0.492 e. The highest BCUT2D eigenvalue weighted by Gasteiger charge is 2.21. The van der Waals surface area contributed by atoms with Gasteiger partial charge in [0.1, 0.15) is 5.75 Å². The van der Waals surface area contributed by atoms with Crippen molar-refractivity contribution in [3.05, 3.63) is 23.8 Å². The third-order valence-electron chi connectivity index (χ3n) is 3.97. The molecule has 0 bridgehead atoms. The van der Waals surface area contributed by atoms with Crippen molar-refractivity contribution in [3.63, 3.8) is 0 Å². The van der Waals surface area contributed by atoms with Crippen LogP contribution in [0.25, 0.3) is 0 Å². The SMILES string of the molecule is CCNCc1ccc(N2CCN(C(C)=O)CC2)c(OCC)c1. The van der Waals surface area contributed by atoms with E-state index < -0.39 is 0 Å². The minimum absolute atomic E-state index is 0.158. The van der Waals surface area contributed by atoms with E-state index in [-0.39, 0.29) is 5.91 Å². The van der Waals surface area contributed by atoms with Crippen molar-refractivity contribution in [1.29, 1.82) is 0 Å². The number of piperazine rings is 1. The second-order valence-corrected chi connectivity index (χ2v) is 5.51. The number of anilines is 1. The maximum Gasteiger partial charge on any atom is 0.219 e. The minimum Gasteiger partial charge on any atom is -0.492 e. The normalized spacial score (nSPS) is 15.0. The molecule has 0 saturated carbocycles. The number of rotatable bonds is 6. The lowest BCUT2D eigenvalue weighted by molar-refractivity contribution is -0.129. The monoisotopic (exact) mass is 305 g/mol. The molecule has 1 fully saturated rings. The fourth-order valence-corrected chi connectivity index (χ4v) is 2.73. The second-order valence-electron chi connectivity index (χ2n) is 5.51. The third-order valence-corrected chi connectivity index (χ3v) is 3.97. The van der Waals surface area contributed by atoms with Crippen molar-refractivity contribution in [1.82, 2.24) is 10.2 Å². The zero-order valence-corrected chi connectivity index (χ0v) is 13.9. The molecule has 0 unspecified atom stereocenters. The smallest absolute Gasteiger partial charge is 0.219 e. The Bertz CT molecular complexity index is 497. The molecule has 122 valence electrons. The highest BCUT2D eigenvalue weighted by Crippen LogP contribution is 2.30. The molecule has 1 N–H and O–H groups in total. The molecule has 5 nitrogen and oxygen atoms in total. The van der Waals surface area contributed by atoms with Gasteiger partial charge in [-0.1, -0.05) is 13.0 Å². The van der Waals surface area contributed by atoms with Gasteiger partial charge in [0.15, 0.2) is 0 Å². The molecule has 1 aromatic carbocycles. The van der Waals surface area contributed by atoms with E-state index in [0.29, 0.717) is 6.61 Å². The molecule has 22 heavy (non-hydrogen) atoms. The van der Waals surface area contributed by atoms with Crippen LogP contribution in [0.15, 0.2) is 18.2 Å². The first-order valence-corrected chi connectivity index (χ1v) is 8.12. The van der Waals surface area contributed by atoms with E-state index >= 15 is 0 Å². The number of nitrogens with one attached hydrogen (secondary N) is 1. The zero-order chi connectivity index (χ0) is 15.9. The summed E-state index contributed by atoms with van der Waals surface area (Å²) < 4.78 is 5.84. The lowest BCUT2D eigenvalue weighted by Gasteiger charge is -2.36. The summed E-state index contributed by atoms with van der Waals surface area (Å²) in [6.07, 6.45) is 0. The van der Waals surface area contributed by atoms with Crippen LogP contribution in [0.4, 0.5) is 5.69 Å². The van der Waals surface area contributed by atoms with Crippen LogP contribution >= 0.6 is 0 Å². The third kappa shape index (κ3) is 4.13. The van der Waals surface area contributed by atoms with E-state index in [9.17, 15) is 4.79 Å². The van der Waals surface area contributed by atoms with Gasteiger partial charge < -0.3 is 19.9 Å². The van der Waals surface area contributed by atoms with Crippen LogP contribution in [0, 0.1) is 0 Å². The summed E-state index contributed by atoms with van der Waals surface area (Å²) in [4.78, 5) is 15.6. The van der Waals surface area contributed by atoms with Crippen LogP contribution < -0.4 is 15.0 Å². The van der Waals surface area contributed by atoms with Gasteiger partial charge in [0.05, 0.1) is 12.3 Å². The van der Waals surface area contributed by atoms with Gasteiger partial charge in [-0.25, -0.2) is 0 Å². The number of benzene rings is 1. The second kappa shape index (κ2) is 8.03. The summed E-state index contributed by atoms with van der Waals surface area (Å²) in [5.74, 6) is 1.10. The van der Waals surface area contributed by atoms with Crippen molar-refractivity contribution >= 4 is 11.6 Å². The molecule has 1 aromatic rings. The van der Waals surface area contributed by atoms with Crippen LogP contribution in [0.1, 0.15) is 26.3 Å². The highest BCUT2D eigenvalue weighted by atomic mass is 16.5. The molecule has 0 atom stereocenters. The molecule has 1 heterocycles. The van der Waals surface area contributed by atoms with Crippen LogP contribution in [-0.4, -0.2) is 50.1 Å². The van der Waals surface area contributed by atoms with Gasteiger partial charge in [-0.2, -0.15) is 0 Å². The highest BCUT2D eigenvalue weighted by molar-refractivity contribution is 5.73. The van der Waals surface area contributed by atoms with E-state index in [1.807, 2.05) is 11.8 Å². The van der Waals surface area contributed by atoms with Gasteiger partial charge in [-0.15, -0.1) is 0 Å². The van der Waals surface area contributed by atoms with E-state index in [0.717, 1.165) is 50.7 Å². The summed E-state index contributed by atoms with van der Waals surface area (Å²) in [5, 5.41) is 3.34. The van der Waals surface area contributed by atoms with Crippen LogP contribution in [-0.2, 0) is 11.3 Å². The predicted octanol–water partition coefficient (Wildman–Crippen LogP) is 1.86. The molecule has 0 spiro atoms. The van der Waals surface area contributed by atoms with E-state index in [4.69, 9.17) is 4.74 Å². The maximum atomic E-state index is 11.4. The average molecular weight is 305 g/mol. The Morgan fingerprint density at radius 3 is 2.55 bits per heavy atom. The number of carbonyl (C=O) groups excluding carboxylic acids is 1. The quantitative estimate of drug-likeness (QED) is 0.871. The molecule has 0 radical (unpaired) electrons. The first kappa shape index (κ1) is 16.6. The van der Waals surface area contributed by atoms with Crippen molar-refractivity contribution in [3.8, 4) is 5.75 Å². The molecule has 5 heteroatoms. The fraction of sp³-hybridized carbons (Fsp3) is 0.588. The van der Waals surface area contributed by atoms with E-state index in [1.54, 1.807) is 6.92 Å². The van der Waals surface area contributed by atoms with Crippen LogP contribution in [0.2, 0.25) is 0 Å². The molecular formula is C17H27N3O2. The molecule has 1 saturated heterocycles. The maximum absolute atomic E-state index is 11.4. The lowest BCUT2D eigenvalue weighted by atomic mass is 10.1. The fourth-order valence-electron chi connectivity index (χ4n) is 2.73. The minimum atomic E-state index is 0.158. The van der Waals surface area contributed by atoms with Gasteiger partial charge in [0.2, 0.25) is 5.91 Å². The van der Waals surface area contributed by atoms with E-state index in [1.165, 1.54) is 5.56 Å². The molecule has 1 aliphatic rings. The first-order chi connectivity index (χ1) is 10.7. The van der Waals surface area contributed by atoms with Gasteiger partial charge in [0.25, 0.3) is 0 Å². The van der Waals surface area contributed by atoms with Gasteiger partial charge in [-0.05, 0) is 31.2 Å². The number of hydrogen-bond acceptors (Lipinski definition) is 4.